The molecule has 22 heterocycles. The zero-order valence-corrected chi connectivity index (χ0v) is 33.0. The van der Waals surface area contributed by atoms with Crippen LogP contribution in [0.4, 0.5) is 0 Å². The number of aliphatic hydroxyl groups is 16. The number of hydrogen-bond donors (Lipinski definition) is 16. The van der Waals surface area contributed by atoms with Crippen molar-refractivity contribution in [2.75, 3.05) is 33.0 Å². The van der Waals surface area contributed by atoms with Crippen molar-refractivity contribution < 1.29 is 139 Å². The Kier molecular flexibility index (Phi) is 16.1. The summed E-state index contributed by atoms with van der Waals surface area (Å²) < 4.78 is 67.7. The van der Waals surface area contributed by atoms with Gasteiger partial charge in [0.1, 0.15) is 128 Å². The van der Waals surface area contributed by atoms with Crippen LogP contribution in [-0.4, -0.2) is 281 Å². The van der Waals surface area contributed by atoms with Crippen LogP contribution in [0.5, 0.6) is 0 Å². The van der Waals surface area contributed by atoms with Gasteiger partial charge >= 0.3 is 0 Å². The molecule has 22 aliphatic heterocycles. The Bertz CT molecular complexity index is 1490. The van der Waals surface area contributed by atoms with Crippen LogP contribution in [0.25, 0.3) is 0 Å². The monoisotopic (exact) mass is 924 g/mol. The van der Waals surface area contributed by atoms with Crippen molar-refractivity contribution >= 4 is 0 Å². The second-order valence-corrected chi connectivity index (χ2v) is 16.0. The van der Waals surface area contributed by atoms with Crippen LogP contribution in [0.3, 0.4) is 0 Å². The molecule has 0 aromatic heterocycles. The summed E-state index contributed by atoms with van der Waals surface area (Å²) in [7, 11) is 0. The third-order valence-electron chi connectivity index (χ3n) is 11.9. The summed E-state index contributed by atoms with van der Waals surface area (Å²) in [6.45, 7) is -4.54. The lowest BCUT2D eigenvalue weighted by molar-refractivity contribution is -0.390. The van der Waals surface area contributed by atoms with Crippen LogP contribution in [0.15, 0.2) is 12.0 Å². The molecule has 0 saturated carbocycles. The van der Waals surface area contributed by atoms with Crippen LogP contribution in [0.1, 0.15) is 6.42 Å². The van der Waals surface area contributed by atoms with Crippen molar-refractivity contribution in [3.05, 3.63) is 12.0 Å². The minimum Gasteiger partial charge on any atom is -0.466 e. The van der Waals surface area contributed by atoms with E-state index in [2.05, 4.69) is 0 Å². The molecule has 11 unspecified atom stereocenters. The van der Waals surface area contributed by atoms with Crippen LogP contribution < -0.4 is 0 Å². The van der Waals surface area contributed by atoms with E-state index >= 15 is 0 Å². The van der Waals surface area contributed by atoms with Gasteiger partial charge in [0, 0.05) is 6.42 Å². The molecule has 12 bridgehead atoms. The van der Waals surface area contributed by atoms with Crippen molar-refractivity contribution in [1.82, 2.24) is 0 Å². The van der Waals surface area contributed by atoms with Gasteiger partial charge in [0.05, 0.1) is 39.1 Å². The molecule has 364 valence electrons. The molecule has 0 spiro atoms. The first-order valence-corrected chi connectivity index (χ1v) is 20.1. The standard InChI is InChI=1S/C35H56O28/c36-2-10-9-1-8(41)30(54-10)60-26-11(3-37)56-33(23(49)17(26)43)59-15-7-52-31(21(47)16(15)42)61-27-12(4-38)57-34(24(50)19(27)45)63-29-14(6-40)58-35(25(51)20(29)46)62-28-13(5-39)55-32(53-9)22(48)18(28)44/h7-14,16-51H,1-6H2/t8-,9-,10?,11?,12?,13?,14?,16?,17?,18+,19+,20+,21?,22?,23-,24?,25?,26+,27+,28+,29+,30+,31+,32-,33+,34+,35+/m0/s1. The second kappa shape index (κ2) is 20.7. The lowest BCUT2D eigenvalue weighted by Gasteiger charge is -2.49. The largest absolute Gasteiger partial charge is 0.466 e. The Hall–Kier alpha value is -1.70. The fourth-order valence-corrected chi connectivity index (χ4v) is 8.33. The van der Waals surface area contributed by atoms with E-state index < -0.39 is 211 Å². The van der Waals surface area contributed by atoms with Crippen molar-refractivity contribution in [2.24, 2.45) is 0 Å². The van der Waals surface area contributed by atoms with Crippen LogP contribution in [0.2, 0.25) is 0 Å². The van der Waals surface area contributed by atoms with Gasteiger partial charge in [-0.15, -0.1) is 0 Å². The molecular weight excluding hydrogens is 868 g/mol. The summed E-state index contributed by atoms with van der Waals surface area (Å²) in [6.07, 6.45) is -48.9. The average molecular weight is 925 g/mol. The normalized spacial score (nSPS) is 53.5. The van der Waals surface area contributed by atoms with Gasteiger partial charge < -0.3 is 139 Å². The molecule has 16 N–H and O–H groups in total. The molecule has 28 heteroatoms. The number of aliphatic hydroxyl groups excluding tert-OH is 16. The van der Waals surface area contributed by atoms with Gasteiger partial charge in [-0.05, 0) is 0 Å². The maximum absolute atomic E-state index is 11.2. The van der Waals surface area contributed by atoms with Gasteiger partial charge in [-0.25, -0.2) is 0 Å². The van der Waals surface area contributed by atoms with E-state index in [0.717, 1.165) is 0 Å². The highest BCUT2D eigenvalue weighted by Gasteiger charge is 2.56. The molecule has 9 saturated heterocycles. The van der Waals surface area contributed by atoms with Gasteiger partial charge in [0.25, 0.3) is 0 Å². The summed E-state index contributed by atoms with van der Waals surface area (Å²) in [5.74, 6) is -0.605. The summed E-state index contributed by atoms with van der Waals surface area (Å²) in [5.41, 5.74) is 0. The first-order valence-electron chi connectivity index (χ1n) is 20.1. The van der Waals surface area contributed by atoms with Crippen molar-refractivity contribution in [2.45, 2.75) is 172 Å². The number of rotatable bonds is 5. The molecule has 27 atom stereocenters. The Morgan fingerprint density at radius 1 is 0.365 bits per heavy atom. The SMILES string of the molecule is OCC1O[C@@H]2OC3=CO[C@H](O[C@@H]4C(CO)O[C@H](O[C@@H]5C(CO)O[C@H](O[C@@H]6C(CO)O[C@H](O[C@H]7C[C@H](O)[C@H](OC7CO)O[C@H]1C(O)[C@@H]2O)C(O)[C@H]6O)C(O)[C@H]5O)C(O)[C@H]4O)C(O)C3O. The fourth-order valence-electron chi connectivity index (χ4n) is 8.33. The van der Waals surface area contributed by atoms with E-state index in [-0.39, 0.29) is 0 Å². The lowest BCUT2D eigenvalue weighted by atomic mass is 9.95. The molecular formula is C35H56O28. The quantitative estimate of drug-likeness (QED) is 0.122. The molecule has 0 radical (unpaired) electrons. The van der Waals surface area contributed by atoms with E-state index in [1.807, 2.05) is 0 Å². The number of hydrogen-bond acceptors (Lipinski definition) is 28. The van der Waals surface area contributed by atoms with Gasteiger partial charge in [-0.1, -0.05) is 0 Å². The molecule has 0 aromatic rings. The van der Waals surface area contributed by atoms with E-state index in [9.17, 15) is 81.7 Å². The average Bonchev–Trinajstić information content (AvgIpc) is 3.27. The van der Waals surface area contributed by atoms with Crippen LogP contribution >= 0.6 is 0 Å². The van der Waals surface area contributed by atoms with E-state index in [1.54, 1.807) is 0 Å². The predicted octanol–water partition coefficient (Wildman–Crippen LogP) is -10.9. The van der Waals surface area contributed by atoms with Gasteiger partial charge in [-0.3, -0.25) is 0 Å². The van der Waals surface area contributed by atoms with E-state index in [1.165, 1.54) is 0 Å². The summed E-state index contributed by atoms with van der Waals surface area (Å²) >= 11 is 0. The highest BCUT2D eigenvalue weighted by atomic mass is 16.8. The van der Waals surface area contributed by atoms with Crippen LogP contribution in [0, 0.1) is 0 Å². The van der Waals surface area contributed by atoms with Crippen molar-refractivity contribution in [3.8, 4) is 0 Å². The molecule has 0 amide bonds. The first kappa shape index (κ1) is 49.2. The van der Waals surface area contributed by atoms with Gasteiger partial charge in [0.15, 0.2) is 30.9 Å². The maximum atomic E-state index is 11.2. The Balaban J connectivity index is 1.17. The Labute approximate surface area is 355 Å². The molecule has 63 heavy (non-hydrogen) atoms. The Morgan fingerprint density at radius 3 is 1.14 bits per heavy atom. The summed E-state index contributed by atoms with van der Waals surface area (Å²) in [6, 6.07) is 0. The second-order valence-electron chi connectivity index (χ2n) is 16.0. The highest BCUT2D eigenvalue weighted by Crippen LogP contribution is 2.37. The van der Waals surface area contributed by atoms with E-state index in [0.29, 0.717) is 6.26 Å². The minimum atomic E-state index is -2.09. The fraction of sp³-hybridized carbons (Fsp3) is 0.943. The molecule has 22 rings (SSSR count). The highest BCUT2D eigenvalue weighted by molar-refractivity contribution is 5.06. The van der Waals surface area contributed by atoms with Crippen molar-refractivity contribution in [3.63, 3.8) is 0 Å². The zero-order chi connectivity index (χ0) is 45.6. The summed E-state index contributed by atoms with van der Waals surface area (Å²) in [5, 5.41) is 173. The number of ether oxygens (including phenoxy) is 12. The van der Waals surface area contributed by atoms with E-state index in [4.69, 9.17) is 56.8 Å². The molecule has 28 nitrogen and oxygen atoms in total. The minimum absolute atomic E-state index is 0.432. The van der Waals surface area contributed by atoms with Gasteiger partial charge in [0.2, 0.25) is 12.6 Å². The lowest BCUT2D eigenvalue weighted by Crippen LogP contribution is -2.67. The van der Waals surface area contributed by atoms with Gasteiger partial charge in [-0.2, -0.15) is 0 Å². The zero-order valence-electron chi connectivity index (χ0n) is 33.0. The third-order valence-corrected chi connectivity index (χ3v) is 11.9. The molecule has 9 fully saturated rings. The third kappa shape index (κ3) is 9.71. The first-order chi connectivity index (χ1) is 30.0. The Morgan fingerprint density at radius 2 is 0.714 bits per heavy atom. The molecule has 22 aliphatic rings. The molecule has 0 aliphatic carbocycles. The van der Waals surface area contributed by atoms with Crippen LogP contribution in [-0.2, 0) is 56.8 Å². The predicted molar refractivity (Wildman–Crippen MR) is 188 cm³/mol. The van der Waals surface area contributed by atoms with Crippen molar-refractivity contribution in [1.29, 1.82) is 0 Å². The summed E-state index contributed by atoms with van der Waals surface area (Å²) in [4.78, 5) is 0. The maximum Gasteiger partial charge on any atom is 0.229 e. The molecule has 0 aromatic carbocycles. The smallest absolute Gasteiger partial charge is 0.229 e. The topological polar surface area (TPSA) is 434 Å².